The number of hydrogen-bond acceptors (Lipinski definition) is 3. The predicted octanol–water partition coefficient (Wildman–Crippen LogP) is 1.66. The SMILES string of the molecule is Cc1nccc(C(=O)N2CCC(C)CC2)n1. The van der Waals surface area contributed by atoms with Gasteiger partial charge in [0, 0.05) is 19.3 Å². The summed E-state index contributed by atoms with van der Waals surface area (Å²) in [6.07, 6.45) is 3.83. The highest BCUT2D eigenvalue weighted by Crippen LogP contribution is 2.17. The summed E-state index contributed by atoms with van der Waals surface area (Å²) in [6, 6.07) is 1.69. The van der Waals surface area contributed by atoms with Gasteiger partial charge >= 0.3 is 0 Å². The van der Waals surface area contributed by atoms with E-state index in [1.54, 1.807) is 19.2 Å². The van der Waals surface area contributed by atoms with Crippen molar-refractivity contribution in [3.63, 3.8) is 0 Å². The van der Waals surface area contributed by atoms with E-state index in [0.717, 1.165) is 31.8 Å². The molecule has 0 N–H and O–H groups in total. The summed E-state index contributed by atoms with van der Waals surface area (Å²) >= 11 is 0. The molecule has 2 heterocycles. The van der Waals surface area contributed by atoms with E-state index in [0.29, 0.717) is 11.5 Å². The second-order valence-electron chi connectivity index (χ2n) is 4.46. The molecule has 0 saturated carbocycles. The quantitative estimate of drug-likeness (QED) is 0.721. The molecular weight excluding hydrogens is 202 g/mol. The van der Waals surface area contributed by atoms with Crippen LogP contribution in [-0.4, -0.2) is 33.9 Å². The van der Waals surface area contributed by atoms with E-state index in [2.05, 4.69) is 16.9 Å². The predicted molar refractivity (Wildman–Crippen MR) is 61.1 cm³/mol. The molecule has 16 heavy (non-hydrogen) atoms. The summed E-state index contributed by atoms with van der Waals surface area (Å²) in [7, 11) is 0. The van der Waals surface area contributed by atoms with Crippen molar-refractivity contribution < 1.29 is 4.79 Å². The molecule has 86 valence electrons. The Balaban J connectivity index is 2.08. The van der Waals surface area contributed by atoms with Crippen LogP contribution >= 0.6 is 0 Å². The Hall–Kier alpha value is -1.45. The third kappa shape index (κ3) is 2.38. The van der Waals surface area contributed by atoms with Crippen LogP contribution < -0.4 is 0 Å². The summed E-state index contributed by atoms with van der Waals surface area (Å²) in [5.74, 6) is 1.42. The van der Waals surface area contributed by atoms with E-state index in [1.807, 2.05) is 4.90 Å². The molecule has 4 nitrogen and oxygen atoms in total. The number of likely N-dealkylation sites (tertiary alicyclic amines) is 1. The zero-order valence-electron chi connectivity index (χ0n) is 9.81. The van der Waals surface area contributed by atoms with Crippen LogP contribution in [0.3, 0.4) is 0 Å². The number of aryl methyl sites for hydroxylation is 1. The van der Waals surface area contributed by atoms with Crippen molar-refractivity contribution in [1.82, 2.24) is 14.9 Å². The maximum Gasteiger partial charge on any atom is 0.272 e. The molecule has 1 aromatic heterocycles. The number of carbonyl (C=O) groups excluding carboxylic acids is 1. The van der Waals surface area contributed by atoms with Crippen LogP contribution in [0.2, 0.25) is 0 Å². The van der Waals surface area contributed by atoms with Gasteiger partial charge in [-0.1, -0.05) is 6.92 Å². The van der Waals surface area contributed by atoms with Gasteiger partial charge in [-0.25, -0.2) is 9.97 Å². The number of piperidine rings is 1. The topological polar surface area (TPSA) is 46.1 Å². The summed E-state index contributed by atoms with van der Waals surface area (Å²) in [6.45, 7) is 5.73. The van der Waals surface area contributed by atoms with Crippen molar-refractivity contribution in [2.45, 2.75) is 26.7 Å². The zero-order valence-corrected chi connectivity index (χ0v) is 9.81. The monoisotopic (exact) mass is 219 g/mol. The first-order chi connectivity index (χ1) is 7.66. The largest absolute Gasteiger partial charge is 0.337 e. The lowest BCUT2D eigenvalue weighted by Gasteiger charge is -2.29. The molecule has 0 bridgehead atoms. The van der Waals surface area contributed by atoms with Gasteiger partial charge in [0.1, 0.15) is 11.5 Å². The lowest BCUT2D eigenvalue weighted by molar-refractivity contribution is 0.0691. The van der Waals surface area contributed by atoms with E-state index in [-0.39, 0.29) is 5.91 Å². The number of rotatable bonds is 1. The van der Waals surface area contributed by atoms with Gasteiger partial charge in [0.05, 0.1) is 0 Å². The number of carbonyl (C=O) groups is 1. The third-order valence-corrected chi connectivity index (χ3v) is 3.07. The van der Waals surface area contributed by atoms with Crippen LogP contribution in [0.1, 0.15) is 36.1 Å². The van der Waals surface area contributed by atoms with Crippen LogP contribution in [0, 0.1) is 12.8 Å². The highest BCUT2D eigenvalue weighted by Gasteiger charge is 2.22. The summed E-state index contributed by atoms with van der Waals surface area (Å²) < 4.78 is 0. The molecule has 1 aliphatic heterocycles. The van der Waals surface area contributed by atoms with Crippen LogP contribution in [0.4, 0.5) is 0 Å². The first kappa shape index (κ1) is 11.0. The smallest absolute Gasteiger partial charge is 0.272 e. The van der Waals surface area contributed by atoms with Crippen LogP contribution in [-0.2, 0) is 0 Å². The van der Waals surface area contributed by atoms with Gasteiger partial charge in [-0.05, 0) is 31.7 Å². The third-order valence-electron chi connectivity index (χ3n) is 3.07. The molecule has 0 aromatic carbocycles. The van der Waals surface area contributed by atoms with Gasteiger partial charge in [0.15, 0.2) is 0 Å². The molecule has 0 atom stereocenters. The van der Waals surface area contributed by atoms with Gasteiger partial charge in [-0.3, -0.25) is 4.79 Å². The summed E-state index contributed by atoms with van der Waals surface area (Å²) in [5.41, 5.74) is 0.516. The molecule has 1 fully saturated rings. The van der Waals surface area contributed by atoms with Gasteiger partial charge in [0.2, 0.25) is 0 Å². The molecule has 0 radical (unpaired) electrons. The fourth-order valence-electron chi connectivity index (χ4n) is 1.95. The van der Waals surface area contributed by atoms with Crippen molar-refractivity contribution in [2.75, 3.05) is 13.1 Å². The number of hydrogen-bond donors (Lipinski definition) is 0. The molecule has 0 aliphatic carbocycles. The van der Waals surface area contributed by atoms with Gasteiger partial charge in [-0.15, -0.1) is 0 Å². The second-order valence-corrected chi connectivity index (χ2v) is 4.46. The Morgan fingerprint density at radius 2 is 2.12 bits per heavy atom. The van der Waals surface area contributed by atoms with Crippen LogP contribution in [0.5, 0.6) is 0 Å². The minimum atomic E-state index is 0.0393. The Morgan fingerprint density at radius 1 is 1.44 bits per heavy atom. The molecule has 1 aliphatic rings. The average Bonchev–Trinajstić information content (AvgIpc) is 2.29. The average molecular weight is 219 g/mol. The highest BCUT2D eigenvalue weighted by molar-refractivity contribution is 5.92. The molecular formula is C12H17N3O. The first-order valence-corrected chi connectivity index (χ1v) is 5.76. The van der Waals surface area contributed by atoms with Crippen molar-refractivity contribution in [2.24, 2.45) is 5.92 Å². The number of aromatic nitrogens is 2. The zero-order chi connectivity index (χ0) is 11.5. The Kier molecular flexibility index (Phi) is 3.17. The molecule has 2 rings (SSSR count). The van der Waals surface area contributed by atoms with E-state index in [4.69, 9.17) is 0 Å². The first-order valence-electron chi connectivity index (χ1n) is 5.76. The molecule has 1 aromatic rings. The van der Waals surface area contributed by atoms with Crippen LogP contribution in [0.25, 0.3) is 0 Å². The van der Waals surface area contributed by atoms with E-state index in [1.165, 1.54) is 0 Å². The van der Waals surface area contributed by atoms with E-state index < -0.39 is 0 Å². The number of amides is 1. The van der Waals surface area contributed by atoms with Gasteiger partial charge < -0.3 is 4.90 Å². The van der Waals surface area contributed by atoms with Crippen molar-refractivity contribution in [1.29, 1.82) is 0 Å². The van der Waals surface area contributed by atoms with Crippen molar-refractivity contribution in [3.8, 4) is 0 Å². The molecule has 4 heteroatoms. The van der Waals surface area contributed by atoms with E-state index in [9.17, 15) is 4.79 Å². The maximum atomic E-state index is 12.1. The fraction of sp³-hybridized carbons (Fsp3) is 0.583. The standard InChI is InChI=1S/C12H17N3O/c1-9-4-7-15(8-5-9)12(16)11-3-6-13-10(2)14-11/h3,6,9H,4-5,7-8H2,1-2H3. The maximum absolute atomic E-state index is 12.1. The second kappa shape index (κ2) is 4.60. The Morgan fingerprint density at radius 3 is 2.75 bits per heavy atom. The number of nitrogens with zero attached hydrogens (tertiary/aromatic N) is 3. The van der Waals surface area contributed by atoms with E-state index >= 15 is 0 Å². The molecule has 1 saturated heterocycles. The highest BCUT2D eigenvalue weighted by atomic mass is 16.2. The molecule has 1 amide bonds. The lowest BCUT2D eigenvalue weighted by Crippen LogP contribution is -2.38. The summed E-state index contributed by atoms with van der Waals surface area (Å²) in [5, 5.41) is 0. The Labute approximate surface area is 95.7 Å². The minimum absolute atomic E-state index is 0.0393. The fourth-order valence-corrected chi connectivity index (χ4v) is 1.95. The normalized spacial score (nSPS) is 17.5. The van der Waals surface area contributed by atoms with Crippen molar-refractivity contribution >= 4 is 5.91 Å². The molecule has 0 unspecified atom stereocenters. The summed E-state index contributed by atoms with van der Waals surface area (Å²) in [4.78, 5) is 22.1. The van der Waals surface area contributed by atoms with Gasteiger partial charge in [0.25, 0.3) is 5.91 Å². The molecule has 0 spiro atoms. The lowest BCUT2D eigenvalue weighted by atomic mass is 9.99. The minimum Gasteiger partial charge on any atom is -0.337 e. The van der Waals surface area contributed by atoms with Crippen LogP contribution in [0.15, 0.2) is 12.3 Å². The Bertz CT molecular complexity index is 384. The van der Waals surface area contributed by atoms with Crippen molar-refractivity contribution in [3.05, 3.63) is 23.8 Å². The van der Waals surface area contributed by atoms with Gasteiger partial charge in [-0.2, -0.15) is 0 Å².